The lowest BCUT2D eigenvalue weighted by atomic mass is 9.44. The molecule has 4 rings (SSSR count). The lowest BCUT2D eigenvalue weighted by Crippen LogP contribution is -2.59. The summed E-state index contributed by atoms with van der Waals surface area (Å²) in [5.74, 6) is 3.38. The predicted molar refractivity (Wildman–Crippen MR) is 140 cm³/mol. The monoisotopic (exact) mass is 486 g/mol. The fraction of sp³-hybridized carbons (Fsp3) is 0.871. The van der Waals surface area contributed by atoms with Crippen LogP contribution in [-0.4, -0.2) is 24.1 Å². The molecule has 0 aromatic rings. The van der Waals surface area contributed by atoms with Crippen LogP contribution in [0.2, 0.25) is 0 Å². The van der Waals surface area contributed by atoms with Crippen LogP contribution in [0.25, 0.3) is 0 Å². The van der Waals surface area contributed by atoms with Crippen molar-refractivity contribution in [2.45, 2.75) is 125 Å². The van der Waals surface area contributed by atoms with E-state index in [2.05, 4.69) is 40.7 Å². The topological polar surface area (TPSA) is 52.6 Å². The van der Waals surface area contributed by atoms with Crippen LogP contribution in [0.4, 0.5) is 0 Å². The van der Waals surface area contributed by atoms with Crippen LogP contribution in [0.5, 0.6) is 0 Å². The van der Waals surface area contributed by atoms with E-state index in [1.54, 1.807) is 12.5 Å². The minimum atomic E-state index is -0.196. The smallest absolute Gasteiger partial charge is 0.302 e. The first-order valence-electron chi connectivity index (χ1n) is 14.5. The zero-order valence-electron chi connectivity index (χ0n) is 23.4. The van der Waals surface area contributed by atoms with E-state index in [4.69, 9.17) is 9.47 Å². The fourth-order valence-corrected chi connectivity index (χ4v) is 9.45. The Morgan fingerprint density at radius 2 is 1.51 bits per heavy atom. The number of carbonyl (C=O) groups excluding carboxylic acids is 2. The van der Waals surface area contributed by atoms with Crippen molar-refractivity contribution in [2.24, 2.45) is 46.3 Å². The highest BCUT2D eigenvalue weighted by Gasteiger charge is 2.63. The van der Waals surface area contributed by atoms with Gasteiger partial charge in [0.05, 0.1) is 0 Å². The molecule has 0 spiro atoms. The van der Waals surface area contributed by atoms with Gasteiger partial charge in [0.2, 0.25) is 0 Å². The maximum atomic E-state index is 12.2. The van der Waals surface area contributed by atoms with Crippen molar-refractivity contribution < 1.29 is 19.1 Å². The molecule has 0 aliphatic heterocycles. The first-order chi connectivity index (χ1) is 16.5. The van der Waals surface area contributed by atoms with Gasteiger partial charge in [-0.05, 0) is 112 Å². The molecule has 0 aromatic carbocycles. The second-order valence-electron chi connectivity index (χ2n) is 13.5. The molecule has 4 heteroatoms. The van der Waals surface area contributed by atoms with Crippen molar-refractivity contribution in [3.8, 4) is 0 Å². The average Bonchev–Trinajstić information content (AvgIpc) is 3.11. The number of ether oxygens (including phenoxy) is 2. The Kier molecular flexibility index (Phi) is 7.80. The van der Waals surface area contributed by atoms with E-state index < -0.39 is 0 Å². The summed E-state index contributed by atoms with van der Waals surface area (Å²) in [6, 6.07) is 0. The second kappa shape index (κ2) is 10.2. The van der Waals surface area contributed by atoms with Gasteiger partial charge in [0.25, 0.3) is 0 Å². The SMILES string of the molecule is CC(=O)O[C@H]1CC[C@@]2(C)[C@H](C1)[C@@H](OC(C)=O)C[C@@H]1[C@@H]2CC[C@]2(C)[C@@H](/C(C)=C/CCC(C)C)CC[C@@H]12. The number of carbonyl (C=O) groups is 2. The maximum Gasteiger partial charge on any atom is 0.302 e. The molecular weight excluding hydrogens is 436 g/mol. The first-order valence-corrected chi connectivity index (χ1v) is 14.5. The zero-order valence-corrected chi connectivity index (χ0v) is 23.4. The number of esters is 2. The van der Waals surface area contributed by atoms with E-state index in [9.17, 15) is 9.59 Å². The van der Waals surface area contributed by atoms with Crippen molar-refractivity contribution >= 4 is 11.9 Å². The lowest BCUT2D eigenvalue weighted by Gasteiger charge is -2.62. The Morgan fingerprint density at radius 1 is 0.857 bits per heavy atom. The summed E-state index contributed by atoms with van der Waals surface area (Å²) in [6.07, 6.45) is 13.9. The van der Waals surface area contributed by atoms with Gasteiger partial charge in [-0.1, -0.05) is 39.3 Å². The molecule has 0 amide bonds. The first kappa shape index (κ1) is 26.7. The van der Waals surface area contributed by atoms with Gasteiger partial charge in [0.1, 0.15) is 12.2 Å². The Hall–Kier alpha value is -1.32. The average molecular weight is 487 g/mol. The molecule has 0 aromatic heterocycles. The minimum Gasteiger partial charge on any atom is -0.463 e. The third kappa shape index (κ3) is 5.10. The summed E-state index contributed by atoms with van der Waals surface area (Å²) in [5.41, 5.74) is 2.13. The zero-order chi connectivity index (χ0) is 25.5. The number of allylic oxidation sites excluding steroid dienone is 2. The van der Waals surface area contributed by atoms with Crippen molar-refractivity contribution in [1.29, 1.82) is 0 Å². The van der Waals surface area contributed by atoms with Gasteiger partial charge in [-0.3, -0.25) is 9.59 Å². The Morgan fingerprint density at radius 3 is 2.17 bits per heavy atom. The van der Waals surface area contributed by atoms with Gasteiger partial charge in [0.15, 0.2) is 0 Å². The molecule has 0 bridgehead atoms. The standard InChI is InChI=1S/C31H50O4/c1-19(2)9-8-10-20(3)25-11-12-26-24-18-29(35-22(5)33)28-17-23(34-21(4)32)13-15-31(28,7)27(24)14-16-30(25,26)6/h10,19,23-29H,8-9,11-18H2,1-7H3/b20-10+/t23-,24-,25+,26-,27-,28+,29-,30+,31+/m0/s1. The fourth-order valence-electron chi connectivity index (χ4n) is 9.45. The second-order valence-corrected chi connectivity index (χ2v) is 13.5. The van der Waals surface area contributed by atoms with Crippen LogP contribution in [0.3, 0.4) is 0 Å². The number of rotatable bonds is 6. The van der Waals surface area contributed by atoms with Gasteiger partial charge in [-0.25, -0.2) is 0 Å². The van der Waals surface area contributed by atoms with Gasteiger partial charge >= 0.3 is 11.9 Å². The number of hydrogen-bond acceptors (Lipinski definition) is 4. The normalized spacial score (nSPS) is 43.2. The highest BCUT2D eigenvalue weighted by atomic mass is 16.5. The molecule has 0 N–H and O–H groups in total. The van der Waals surface area contributed by atoms with E-state index in [0.717, 1.165) is 31.6 Å². The Bertz CT molecular complexity index is 830. The summed E-state index contributed by atoms with van der Waals surface area (Å²) in [5, 5.41) is 0. The molecule has 0 radical (unpaired) electrons. The largest absolute Gasteiger partial charge is 0.463 e. The highest BCUT2D eigenvalue weighted by molar-refractivity contribution is 5.66. The molecule has 198 valence electrons. The third-order valence-corrected chi connectivity index (χ3v) is 11.0. The molecule has 35 heavy (non-hydrogen) atoms. The molecule has 0 heterocycles. The van der Waals surface area contributed by atoms with Crippen molar-refractivity contribution in [1.82, 2.24) is 0 Å². The maximum absolute atomic E-state index is 12.2. The molecule has 0 unspecified atom stereocenters. The highest BCUT2D eigenvalue weighted by Crippen LogP contribution is 2.68. The van der Waals surface area contributed by atoms with Gasteiger partial charge in [-0.2, -0.15) is 0 Å². The van der Waals surface area contributed by atoms with Crippen molar-refractivity contribution in [3.05, 3.63) is 11.6 Å². The van der Waals surface area contributed by atoms with Crippen LogP contribution >= 0.6 is 0 Å². The lowest BCUT2D eigenvalue weighted by molar-refractivity contribution is -0.196. The quantitative estimate of drug-likeness (QED) is 0.288. The van der Waals surface area contributed by atoms with Gasteiger partial charge in [-0.15, -0.1) is 0 Å². The number of fused-ring (bicyclic) bond motifs is 5. The molecule has 4 nitrogen and oxygen atoms in total. The van der Waals surface area contributed by atoms with Gasteiger partial charge < -0.3 is 9.47 Å². The van der Waals surface area contributed by atoms with E-state index in [1.165, 1.54) is 45.4 Å². The van der Waals surface area contributed by atoms with Crippen LogP contribution < -0.4 is 0 Å². The molecule has 4 aliphatic carbocycles. The van der Waals surface area contributed by atoms with E-state index in [-0.39, 0.29) is 35.5 Å². The van der Waals surface area contributed by atoms with Gasteiger partial charge in [0, 0.05) is 19.8 Å². The van der Waals surface area contributed by atoms with E-state index in [0.29, 0.717) is 29.1 Å². The number of hydrogen-bond donors (Lipinski definition) is 0. The summed E-state index contributed by atoms with van der Waals surface area (Å²) in [4.78, 5) is 23.8. The summed E-state index contributed by atoms with van der Waals surface area (Å²) < 4.78 is 11.7. The molecule has 4 saturated carbocycles. The summed E-state index contributed by atoms with van der Waals surface area (Å²) in [7, 11) is 0. The molecule has 0 saturated heterocycles. The summed E-state index contributed by atoms with van der Waals surface area (Å²) >= 11 is 0. The van der Waals surface area contributed by atoms with Crippen LogP contribution in [0, 0.1) is 46.3 Å². The Labute approximate surface area is 214 Å². The third-order valence-electron chi connectivity index (χ3n) is 11.0. The molecular formula is C31H50O4. The minimum absolute atomic E-state index is 0.0384. The van der Waals surface area contributed by atoms with Crippen molar-refractivity contribution in [3.63, 3.8) is 0 Å². The summed E-state index contributed by atoms with van der Waals surface area (Å²) in [6.45, 7) is 15.1. The van der Waals surface area contributed by atoms with Crippen molar-refractivity contribution in [2.75, 3.05) is 0 Å². The molecule has 4 fully saturated rings. The Balaban J connectivity index is 1.57. The molecule has 9 atom stereocenters. The van der Waals surface area contributed by atoms with Crippen LogP contribution in [-0.2, 0) is 19.1 Å². The van der Waals surface area contributed by atoms with E-state index in [1.807, 2.05) is 0 Å². The molecule has 4 aliphatic rings. The van der Waals surface area contributed by atoms with Crippen LogP contribution in [0.1, 0.15) is 113 Å². The van der Waals surface area contributed by atoms with Crippen LogP contribution in [0.15, 0.2) is 11.6 Å². The predicted octanol–water partition coefficient (Wildman–Crippen LogP) is 7.50. The van der Waals surface area contributed by atoms with E-state index >= 15 is 0 Å².